The fraction of sp³-hybridized carbons (Fsp3) is 0.0400. The number of para-hydroxylation sites is 4. The summed E-state index contributed by atoms with van der Waals surface area (Å²) in [6.07, 6.45) is -0.174. The fourth-order valence-electron chi connectivity index (χ4n) is 8.70. The first-order valence-electron chi connectivity index (χ1n) is 18.7. The zero-order chi connectivity index (χ0) is 35.6. The lowest BCUT2D eigenvalue weighted by molar-refractivity contribution is 0.417. The van der Waals surface area contributed by atoms with Crippen LogP contribution in [0.3, 0.4) is 0 Å². The van der Waals surface area contributed by atoms with E-state index in [0.29, 0.717) is 0 Å². The summed E-state index contributed by atoms with van der Waals surface area (Å²) >= 11 is 0. The zero-order valence-corrected chi connectivity index (χ0v) is 29.5. The van der Waals surface area contributed by atoms with Gasteiger partial charge in [-0.2, -0.15) is 0 Å². The Hall–Kier alpha value is -6.88. The van der Waals surface area contributed by atoms with E-state index in [0.717, 1.165) is 5.69 Å². The monoisotopic (exact) mass is 692 g/mol. The Morgan fingerprint density at radius 2 is 0.907 bits per heavy atom. The summed E-state index contributed by atoms with van der Waals surface area (Å²) in [5, 5.41) is 12.9. The van der Waals surface area contributed by atoms with Crippen LogP contribution in [0.2, 0.25) is 0 Å². The van der Waals surface area contributed by atoms with Crippen molar-refractivity contribution in [3.05, 3.63) is 205 Å². The number of aromatic nitrogens is 2. The van der Waals surface area contributed by atoms with Crippen LogP contribution >= 0.6 is 0 Å². The molecule has 2 atom stereocenters. The van der Waals surface area contributed by atoms with E-state index in [4.69, 9.17) is 0 Å². The summed E-state index contributed by atoms with van der Waals surface area (Å²) in [5.74, 6) is 0. The molecule has 0 saturated heterocycles. The van der Waals surface area contributed by atoms with E-state index in [1.54, 1.807) is 0 Å². The summed E-state index contributed by atoms with van der Waals surface area (Å²) in [4.78, 5) is 0. The van der Waals surface area contributed by atoms with Crippen molar-refractivity contribution in [3.8, 4) is 27.9 Å². The molecule has 2 N–H and O–H groups in total. The maximum absolute atomic E-state index is 4.02. The lowest BCUT2D eigenvalue weighted by Crippen LogP contribution is -2.40. The van der Waals surface area contributed by atoms with Crippen molar-refractivity contribution in [3.63, 3.8) is 0 Å². The van der Waals surface area contributed by atoms with Crippen LogP contribution in [0.1, 0.15) is 23.5 Å². The maximum atomic E-state index is 4.02. The third-order valence-electron chi connectivity index (χ3n) is 11.2. The molecule has 2 aromatic heterocycles. The molecule has 0 fully saturated rings. The minimum absolute atomic E-state index is 0.0116. The van der Waals surface area contributed by atoms with Gasteiger partial charge in [0.05, 0.1) is 28.1 Å². The molecule has 0 bridgehead atoms. The van der Waals surface area contributed by atoms with Crippen LogP contribution in [0.15, 0.2) is 194 Å². The molecule has 8 aromatic carbocycles. The minimum atomic E-state index is -0.174. The largest absolute Gasteiger partial charge is 0.352 e. The van der Waals surface area contributed by atoms with E-state index in [1.165, 1.54) is 82.7 Å². The number of hydrogen-bond acceptors (Lipinski definition) is 2. The number of fused-ring (bicyclic) bond motifs is 7. The Bertz CT molecular complexity index is 2990. The number of rotatable bonds is 5. The summed E-state index contributed by atoms with van der Waals surface area (Å²) in [6, 6.07) is 70.4. The highest BCUT2D eigenvalue weighted by Gasteiger charge is 2.29. The Morgan fingerprint density at radius 1 is 0.389 bits per heavy atom. The first kappa shape index (κ1) is 30.7. The van der Waals surface area contributed by atoms with Gasteiger partial charge in [-0.15, -0.1) is 0 Å². The summed E-state index contributed by atoms with van der Waals surface area (Å²) < 4.78 is 4.81. The first-order valence-corrected chi connectivity index (χ1v) is 18.7. The van der Waals surface area contributed by atoms with Gasteiger partial charge in [0, 0.05) is 32.9 Å². The molecule has 1 aliphatic heterocycles. The second kappa shape index (κ2) is 12.4. The second-order valence-electron chi connectivity index (χ2n) is 14.3. The van der Waals surface area contributed by atoms with E-state index in [-0.39, 0.29) is 12.3 Å². The van der Waals surface area contributed by atoms with Crippen LogP contribution in [0.25, 0.3) is 71.6 Å². The number of nitrogens with zero attached hydrogens (tertiary/aromatic N) is 2. The highest BCUT2D eigenvalue weighted by atomic mass is 15.3. The number of hydrogen-bond donors (Lipinski definition) is 2. The predicted molar refractivity (Wildman–Crippen MR) is 225 cm³/mol. The average molecular weight is 693 g/mol. The van der Waals surface area contributed by atoms with Crippen molar-refractivity contribution < 1.29 is 0 Å². The van der Waals surface area contributed by atoms with Crippen molar-refractivity contribution in [2.24, 2.45) is 0 Å². The molecule has 54 heavy (non-hydrogen) atoms. The minimum Gasteiger partial charge on any atom is -0.352 e. The van der Waals surface area contributed by atoms with Crippen molar-refractivity contribution in [1.29, 1.82) is 0 Å². The molecular weight excluding hydrogens is 657 g/mol. The number of anilines is 1. The number of nitrogens with one attached hydrogen (secondary N) is 2. The summed E-state index contributed by atoms with van der Waals surface area (Å²) in [7, 11) is 0. The van der Waals surface area contributed by atoms with E-state index in [1.807, 2.05) is 0 Å². The quantitative estimate of drug-likeness (QED) is 0.188. The standard InChI is InChI=1S/C50H36N4/c1-3-13-33(14-4-1)34-23-25-35(26-24-34)49-41-19-7-10-20-44(41)51-50(52-49)54-46-22-12-9-18-40(46)43-32-37(28-30-48(43)54)36-27-29-47-42(31-36)39-17-8-11-21-45(39)53(47)38-15-5-2-6-16-38/h1-32,49-52H. The van der Waals surface area contributed by atoms with Gasteiger partial charge in [0.25, 0.3) is 0 Å². The van der Waals surface area contributed by atoms with Gasteiger partial charge in [-0.1, -0.05) is 140 Å². The Balaban J connectivity index is 1.02. The van der Waals surface area contributed by atoms with Crippen molar-refractivity contribution >= 4 is 49.3 Å². The Labute approximate surface area is 313 Å². The highest BCUT2D eigenvalue weighted by molar-refractivity contribution is 6.12. The topological polar surface area (TPSA) is 33.9 Å². The fourth-order valence-corrected chi connectivity index (χ4v) is 8.70. The van der Waals surface area contributed by atoms with E-state index in [2.05, 4.69) is 214 Å². The molecule has 10 aromatic rings. The van der Waals surface area contributed by atoms with Crippen LogP contribution in [-0.4, -0.2) is 9.13 Å². The second-order valence-corrected chi connectivity index (χ2v) is 14.3. The normalized spacial score (nSPS) is 15.5. The van der Waals surface area contributed by atoms with Gasteiger partial charge in [0.1, 0.15) is 0 Å². The molecule has 0 radical (unpaired) electrons. The molecule has 1 aliphatic rings. The van der Waals surface area contributed by atoms with Crippen LogP contribution < -0.4 is 10.6 Å². The first-order chi connectivity index (χ1) is 26.8. The van der Waals surface area contributed by atoms with Gasteiger partial charge < -0.3 is 14.5 Å². The molecule has 0 spiro atoms. The average Bonchev–Trinajstić information content (AvgIpc) is 3.76. The zero-order valence-electron chi connectivity index (χ0n) is 29.5. The van der Waals surface area contributed by atoms with Crippen molar-refractivity contribution in [1.82, 2.24) is 14.5 Å². The Morgan fingerprint density at radius 3 is 1.67 bits per heavy atom. The third kappa shape index (κ3) is 4.88. The van der Waals surface area contributed by atoms with E-state index in [9.17, 15) is 0 Å². The van der Waals surface area contributed by atoms with Gasteiger partial charge in [-0.05, 0) is 88.0 Å². The van der Waals surface area contributed by atoms with Crippen LogP contribution in [0.5, 0.6) is 0 Å². The van der Waals surface area contributed by atoms with Crippen molar-refractivity contribution in [2.75, 3.05) is 5.32 Å². The van der Waals surface area contributed by atoms with Gasteiger partial charge >= 0.3 is 0 Å². The molecule has 0 saturated carbocycles. The highest BCUT2D eigenvalue weighted by Crippen LogP contribution is 2.41. The van der Waals surface area contributed by atoms with Gasteiger partial charge in [-0.3, -0.25) is 5.32 Å². The molecule has 256 valence electrons. The third-order valence-corrected chi connectivity index (χ3v) is 11.2. The summed E-state index contributed by atoms with van der Waals surface area (Å²) in [5.41, 5.74) is 14.5. The predicted octanol–water partition coefficient (Wildman–Crippen LogP) is 12.5. The van der Waals surface area contributed by atoms with E-state index < -0.39 is 0 Å². The van der Waals surface area contributed by atoms with Crippen molar-refractivity contribution in [2.45, 2.75) is 12.3 Å². The van der Waals surface area contributed by atoms with Crippen LogP contribution in [-0.2, 0) is 0 Å². The smallest absolute Gasteiger partial charge is 0.160 e. The number of benzene rings is 8. The molecular formula is C50H36N4. The van der Waals surface area contributed by atoms with E-state index >= 15 is 0 Å². The van der Waals surface area contributed by atoms with Gasteiger partial charge in [0.15, 0.2) is 6.29 Å². The maximum Gasteiger partial charge on any atom is 0.160 e. The van der Waals surface area contributed by atoms with Gasteiger partial charge in [-0.25, -0.2) is 0 Å². The molecule has 0 aliphatic carbocycles. The van der Waals surface area contributed by atoms with Gasteiger partial charge in [0.2, 0.25) is 0 Å². The lowest BCUT2D eigenvalue weighted by atomic mass is 9.93. The molecule has 0 amide bonds. The molecule has 2 unspecified atom stereocenters. The molecule has 4 heteroatoms. The van der Waals surface area contributed by atoms with Crippen LogP contribution in [0, 0.1) is 0 Å². The molecule has 4 nitrogen and oxygen atoms in total. The lowest BCUT2D eigenvalue weighted by Gasteiger charge is -2.36. The van der Waals surface area contributed by atoms with Crippen LogP contribution in [0.4, 0.5) is 5.69 Å². The molecule has 11 rings (SSSR count). The SMILES string of the molecule is c1ccc(-c2ccc(C3NC(n4c5ccccc5c5cc(-c6ccc7c(c6)c6ccccc6n7-c6ccccc6)ccc54)Nc4ccccc43)cc2)cc1. The molecule has 3 heterocycles. The summed E-state index contributed by atoms with van der Waals surface area (Å²) in [6.45, 7) is 0. The Kier molecular flexibility index (Phi) is 7.04.